The first kappa shape index (κ1) is 21.1. The van der Waals surface area contributed by atoms with Gasteiger partial charge in [-0.2, -0.15) is 0 Å². The SMILES string of the molecule is CC(C)(C)[C@H](O)C=C1[C@@H](O)[C@H](O[Si](C)(C)C(C)(C)C)[C@H]2C[C@@H]1C2(C)C. The molecule has 2 bridgehead atoms. The summed E-state index contributed by atoms with van der Waals surface area (Å²) in [5.74, 6) is 0.745. The molecule has 0 aliphatic heterocycles. The number of fused-ring (bicyclic) bond motifs is 2. The molecule has 0 aromatic rings. The summed E-state index contributed by atoms with van der Waals surface area (Å²) in [6, 6.07) is 0. The molecule has 0 amide bonds. The van der Waals surface area contributed by atoms with Gasteiger partial charge in [-0.25, -0.2) is 0 Å². The van der Waals surface area contributed by atoms with Crippen LogP contribution < -0.4 is 0 Å². The van der Waals surface area contributed by atoms with Crippen molar-refractivity contribution in [1.29, 1.82) is 0 Å². The molecule has 3 rings (SSSR count). The van der Waals surface area contributed by atoms with Gasteiger partial charge in [0.1, 0.15) is 6.10 Å². The van der Waals surface area contributed by atoms with Gasteiger partial charge in [0.15, 0.2) is 8.32 Å². The van der Waals surface area contributed by atoms with E-state index in [4.69, 9.17) is 4.43 Å². The first-order valence-electron chi connectivity index (χ1n) is 9.75. The third-order valence-corrected chi connectivity index (χ3v) is 11.7. The van der Waals surface area contributed by atoms with E-state index in [1.54, 1.807) is 0 Å². The molecule has 0 aromatic carbocycles. The summed E-state index contributed by atoms with van der Waals surface area (Å²) < 4.78 is 6.71. The summed E-state index contributed by atoms with van der Waals surface area (Å²) in [6.45, 7) is 21.9. The molecule has 0 saturated heterocycles. The molecule has 5 atom stereocenters. The Balaban J connectivity index is 2.35. The van der Waals surface area contributed by atoms with Gasteiger partial charge < -0.3 is 14.6 Å². The monoisotopic (exact) mass is 368 g/mol. The van der Waals surface area contributed by atoms with Crippen molar-refractivity contribution in [3.63, 3.8) is 0 Å². The fourth-order valence-electron chi connectivity index (χ4n) is 4.01. The van der Waals surface area contributed by atoms with Gasteiger partial charge >= 0.3 is 0 Å². The minimum absolute atomic E-state index is 0.117. The van der Waals surface area contributed by atoms with Crippen molar-refractivity contribution in [3.8, 4) is 0 Å². The maximum atomic E-state index is 11.1. The average Bonchev–Trinajstić information content (AvgIpc) is 2.39. The quantitative estimate of drug-likeness (QED) is 0.558. The average molecular weight is 369 g/mol. The Labute approximate surface area is 156 Å². The molecule has 0 heterocycles. The van der Waals surface area contributed by atoms with Crippen molar-refractivity contribution < 1.29 is 14.6 Å². The van der Waals surface area contributed by atoms with Crippen LogP contribution in [0.15, 0.2) is 11.6 Å². The lowest BCUT2D eigenvalue weighted by Crippen LogP contribution is -2.65. The highest BCUT2D eigenvalue weighted by atomic mass is 28.4. The summed E-state index contributed by atoms with van der Waals surface area (Å²) in [7, 11) is -1.97. The van der Waals surface area contributed by atoms with Crippen LogP contribution in [0.1, 0.15) is 61.8 Å². The van der Waals surface area contributed by atoms with E-state index in [1.165, 1.54) is 0 Å². The molecular formula is C21H40O3Si. The fraction of sp³-hybridized carbons (Fsp3) is 0.905. The van der Waals surface area contributed by atoms with E-state index in [0.29, 0.717) is 11.8 Å². The summed E-state index contributed by atoms with van der Waals surface area (Å²) >= 11 is 0. The van der Waals surface area contributed by atoms with Crippen LogP contribution in [0.4, 0.5) is 0 Å². The van der Waals surface area contributed by atoms with Gasteiger partial charge in [0.25, 0.3) is 0 Å². The van der Waals surface area contributed by atoms with Crippen LogP contribution in [-0.4, -0.2) is 36.8 Å². The maximum absolute atomic E-state index is 11.1. The molecule has 3 aliphatic carbocycles. The Bertz CT molecular complexity index is 536. The highest BCUT2D eigenvalue weighted by Gasteiger charge is 2.61. The summed E-state index contributed by atoms with van der Waals surface area (Å²) in [5, 5.41) is 21.8. The fourth-order valence-corrected chi connectivity index (χ4v) is 5.34. The predicted octanol–water partition coefficient (Wildman–Crippen LogP) is 4.75. The number of hydrogen-bond acceptors (Lipinski definition) is 3. The molecular weight excluding hydrogens is 328 g/mol. The normalized spacial score (nSPS) is 35.4. The van der Waals surface area contributed by atoms with Gasteiger partial charge in [0.2, 0.25) is 0 Å². The van der Waals surface area contributed by atoms with E-state index in [9.17, 15) is 10.2 Å². The molecule has 3 aliphatic rings. The van der Waals surface area contributed by atoms with Gasteiger partial charge in [0, 0.05) is 0 Å². The molecule has 0 spiro atoms. The van der Waals surface area contributed by atoms with Crippen molar-refractivity contribution >= 4 is 8.32 Å². The van der Waals surface area contributed by atoms with Crippen molar-refractivity contribution in [2.24, 2.45) is 22.7 Å². The molecule has 0 radical (unpaired) electrons. The van der Waals surface area contributed by atoms with E-state index in [1.807, 2.05) is 26.8 Å². The van der Waals surface area contributed by atoms with E-state index >= 15 is 0 Å². The predicted molar refractivity (Wildman–Crippen MR) is 107 cm³/mol. The zero-order valence-corrected chi connectivity index (χ0v) is 19.0. The zero-order valence-electron chi connectivity index (χ0n) is 18.0. The Hall–Kier alpha value is -0.163. The van der Waals surface area contributed by atoms with E-state index in [0.717, 1.165) is 12.0 Å². The highest BCUT2D eigenvalue weighted by molar-refractivity contribution is 6.74. The number of aliphatic hydroxyl groups is 2. The van der Waals surface area contributed by atoms with Crippen LogP contribution in [0.3, 0.4) is 0 Å². The molecule has 3 nitrogen and oxygen atoms in total. The third kappa shape index (κ3) is 3.65. The Kier molecular flexibility index (Phi) is 5.23. The molecule has 0 aromatic heterocycles. The largest absolute Gasteiger partial charge is 0.411 e. The van der Waals surface area contributed by atoms with Crippen molar-refractivity contribution in [1.82, 2.24) is 0 Å². The Morgan fingerprint density at radius 3 is 2.08 bits per heavy atom. The first-order chi connectivity index (χ1) is 11.0. The molecule has 0 unspecified atom stereocenters. The van der Waals surface area contributed by atoms with Gasteiger partial charge in [-0.3, -0.25) is 0 Å². The van der Waals surface area contributed by atoms with Crippen LogP contribution in [0, 0.1) is 22.7 Å². The molecule has 25 heavy (non-hydrogen) atoms. The Morgan fingerprint density at radius 2 is 1.68 bits per heavy atom. The van der Waals surface area contributed by atoms with Crippen LogP contribution in [0.2, 0.25) is 18.1 Å². The van der Waals surface area contributed by atoms with E-state index < -0.39 is 20.5 Å². The number of hydrogen-bond donors (Lipinski definition) is 2. The van der Waals surface area contributed by atoms with Crippen molar-refractivity contribution in [2.45, 2.75) is 98.3 Å². The first-order valence-corrected chi connectivity index (χ1v) is 12.7. The summed E-state index contributed by atoms with van der Waals surface area (Å²) in [5.41, 5.74) is 0.891. The molecule has 3 fully saturated rings. The minimum Gasteiger partial charge on any atom is -0.411 e. The molecule has 4 heteroatoms. The second-order valence-corrected chi connectivity index (χ2v) is 16.2. The second kappa shape index (κ2) is 6.18. The van der Waals surface area contributed by atoms with Gasteiger partial charge in [-0.05, 0) is 52.8 Å². The lowest BCUT2D eigenvalue weighted by molar-refractivity contribution is -0.151. The van der Waals surface area contributed by atoms with Crippen molar-refractivity contribution in [2.75, 3.05) is 0 Å². The smallest absolute Gasteiger partial charge is 0.192 e. The van der Waals surface area contributed by atoms with Crippen LogP contribution in [-0.2, 0) is 4.43 Å². The minimum atomic E-state index is -1.97. The Morgan fingerprint density at radius 1 is 1.16 bits per heavy atom. The molecule has 3 saturated carbocycles. The van der Waals surface area contributed by atoms with E-state index in [2.05, 4.69) is 47.7 Å². The molecule has 2 N–H and O–H groups in total. The second-order valence-electron chi connectivity index (χ2n) is 11.5. The van der Waals surface area contributed by atoms with Crippen LogP contribution in [0.5, 0.6) is 0 Å². The summed E-state index contributed by atoms with van der Waals surface area (Å²) in [4.78, 5) is 0. The standard InChI is InChI=1S/C21H40O3Si/c1-19(2,3)16(22)11-13-14-12-15(21(14,7)8)18(17(13)23)24-25(9,10)20(4,5)6/h11,14-18,22-23H,12H2,1-10H3/t14-,15+,16+,17+,18+/m0/s1. The lowest BCUT2D eigenvalue weighted by Gasteiger charge is -2.63. The van der Waals surface area contributed by atoms with Gasteiger partial charge in [0.05, 0.1) is 12.2 Å². The van der Waals surface area contributed by atoms with Crippen LogP contribution >= 0.6 is 0 Å². The maximum Gasteiger partial charge on any atom is 0.192 e. The zero-order chi connectivity index (χ0) is 19.6. The summed E-state index contributed by atoms with van der Waals surface area (Å²) in [6.07, 6.45) is 1.68. The van der Waals surface area contributed by atoms with Crippen molar-refractivity contribution in [3.05, 3.63) is 11.6 Å². The third-order valence-electron chi connectivity index (χ3n) is 7.27. The topological polar surface area (TPSA) is 49.7 Å². The highest BCUT2D eigenvalue weighted by Crippen LogP contribution is 2.62. The van der Waals surface area contributed by atoms with E-state index in [-0.39, 0.29) is 22.0 Å². The van der Waals surface area contributed by atoms with Crippen LogP contribution in [0.25, 0.3) is 0 Å². The van der Waals surface area contributed by atoms with Gasteiger partial charge in [-0.1, -0.05) is 61.5 Å². The lowest BCUT2D eigenvalue weighted by atomic mass is 9.45. The van der Waals surface area contributed by atoms with Gasteiger partial charge in [-0.15, -0.1) is 0 Å². The number of rotatable bonds is 3. The number of aliphatic hydroxyl groups excluding tert-OH is 2. The molecule has 146 valence electrons.